The van der Waals surface area contributed by atoms with Gasteiger partial charge in [-0.05, 0) is 37.4 Å². The molecule has 0 atom stereocenters. The van der Waals surface area contributed by atoms with Crippen LogP contribution in [0.4, 0.5) is 5.69 Å². The summed E-state index contributed by atoms with van der Waals surface area (Å²) in [5.41, 5.74) is 9.02. The Balaban J connectivity index is 1.72. The Morgan fingerprint density at radius 3 is 2.90 bits per heavy atom. The molecule has 0 saturated carbocycles. The molecule has 0 radical (unpaired) electrons. The molecule has 3 aromatic rings. The molecule has 0 aliphatic rings. The molecule has 5 heteroatoms. The van der Waals surface area contributed by atoms with Crippen LogP contribution >= 0.6 is 0 Å². The first kappa shape index (κ1) is 12.6. The molecule has 0 fully saturated rings. The number of anilines is 1. The lowest BCUT2D eigenvalue weighted by molar-refractivity contribution is 0.282. The van der Waals surface area contributed by atoms with Crippen LogP contribution in [0, 0.1) is 0 Å². The van der Waals surface area contributed by atoms with Crippen LogP contribution in [0.1, 0.15) is 11.6 Å². The highest BCUT2D eigenvalue weighted by molar-refractivity contribution is 5.76. The van der Waals surface area contributed by atoms with Crippen LogP contribution in [0.3, 0.4) is 0 Å². The van der Waals surface area contributed by atoms with Gasteiger partial charge in [-0.25, -0.2) is 4.98 Å². The third-order valence-electron chi connectivity index (χ3n) is 3.02. The summed E-state index contributed by atoms with van der Waals surface area (Å²) in [7, 11) is 2.01. The first-order valence-corrected chi connectivity index (χ1v) is 6.44. The topological polar surface area (TPSA) is 68.2 Å². The predicted octanol–water partition coefficient (Wildman–Crippen LogP) is 2.44. The van der Waals surface area contributed by atoms with E-state index in [1.165, 1.54) is 0 Å². The lowest BCUT2D eigenvalue weighted by atomic mass is 10.3. The van der Waals surface area contributed by atoms with Crippen molar-refractivity contribution in [2.45, 2.75) is 13.1 Å². The fourth-order valence-electron chi connectivity index (χ4n) is 2.11. The zero-order valence-electron chi connectivity index (χ0n) is 11.3. The zero-order chi connectivity index (χ0) is 13.9. The van der Waals surface area contributed by atoms with E-state index in [1.807, 2.05) is 43.4 Å². The summed E-state index contributed by atoms with van der Waals surface area (Å²) in [5, 5.41) is 0. The largest absolute Gasteiger partial charge is 0.439 e. The van der Waals surface area contributed by atoms with E-state index in [0.717, 1.165) is 23.3 Å². The summed E-state index contributed by atoms with van der Waals surface area (Å²) < 4.78 is 5.70. The van der Waals surface area contributed by atoms with Crippen molar-refractivity contribution in [3.8, 4) is 0 Å². The molecule has 0 unspecified atom stereocenters. The lowest BCUT2D eigenvalue weighted by Crippen LogP contribution is -2.18. The van der Waals surface area contributed by atoms with E-state index in [1.54, 1.807) is 6.20 Å². The van der Waals surface area contributed by atoms with E-state index in [-0.39, 0.29) is 0 Å². The van der Waals surface area contributed by atoms with Crippen LogP contribution in [-0.2, 0) is 13.1 Å². The molecular weight excluding hydrogens is 252 g/mol. The summed E-state index contributed by atoms with van der Waals surface area (Å²) in [4.78, 5) is 10.9. The SMILES string of the molecule is CN(Cc1ccccn1)Cc1nc2cc(N)ccc2o1. The molecule has 2 aromatic heterocycles. The molecule has 0 aliphatic carbocycles. The minimum Gasteiger partial charge on any atom is -0.439 e. The molecule has 0 bridgehead atoms. The number of fused-ring (bicyclic) bond motifs is 1. The van der Waals surface area contributed by atoms with Crippen molar-refractivity contribution < 1.29 is 4.42 Å². The molecule has 0 aliphatic heterocycles. The fourth-order valence-corrected chi connectivity index (χ4v) is 2.11. The number of nitrogen functional groups attached to an aromatic ring is 1. The highest BCUT2D eigenvalue weighted by atomic mass is 16.3. The summed E-state index contributed by atoms with van der Waals surface area (Å²) >= 11 is 0. The average molecular weight is 268 g/mol. The van der Waals surface area contributed by atoms with Gasteiger partial charge >= 0.3 is 0 Å². The van der Waals surface area contributed by atoms with Crippen molar-refractivity contribution in [3.63, 3.8) is 0 Å². The van der Waals surface area contributed by atoms with E-state index in [4.69, 9.17) is 10.2 Å². The van der Waals surface area contributed by atoms with Gasteiger partial charge in [0.1, 0.15) is 5.52 Å². The van der Waals surface area contributed by atoms with Crippen molar-refractivity contribution >= 4 is 16.8 Å². The van der Waals surface area contributed by atoms with E-state index in [9.17, 15) is 0 Å². The maximum atomic E-state index is 5.74. The van der Waals surface area contributed by atoms with Crippen LogP contribution in [0.15, 0.2) is 47.0 Å². The summed E-state index contributed by atoms with van der Waals surface area (Å²) in [6.45, 7) is 1.38. The standard InChI is InChI=1S/C15H16N4O/c1-19(9-12-4-2-3-7-17-12)10-15-18-13-8-11(16)5-6-14(13)20-15/h2-8H,9-10,16H2,1H3. The van der Waals surface area contributed by atoms with Crippen LogP contribution in [-0.4, -0.2) is 21.9 Å². The molecule has 3 rings (SSSR count). The molecule has 2 N–H and O–H groups in total. The Morgan fingerprint density at radius 1 is 1.20 bits per heavy atom. The van der Waals surface area contributed by atoms with Crippen molar-refractivity contribution in [2.75, 3.05) is 12.8 Å². The second kappa shape index (κ2) is 5.30. The van der Waals surface area contributed by atoms with Crippen LogP contribution in [0.2, 0.25) is 0 Å². The average Bonchev–Trinajstić information content (AvgIpc) is 2.80. The van der Waals surface area contributed by atoms with Gasteiger partial charge in [0.2, 0.25) is 5.89 Å². The summed E-state index contributed by atoms with van der Waals surface area (Å²) in [6, 6.07) is 11.4. The van der Waals surface area contributed by atoms with Crippen molar-refractivity contribution in [1.29, 1.82) is 0 Å². The maximum absolute atomic E-state index is 5.74. The number of aromatic nitrogens is 2. The smallest absolute Gasteiger partial charge is 0.209 e. The summed E-state index contributed by atoms with van der Waals surface area (Å²) in [5.74, 6) is 0.684. The Bertz CT molecular complexity index is 708. The van der Waals surface area contributed by atoms with Crippen LogP contribution < -0.4 is 5.73 Å². The first-order chi connectivity index (χ1) is 9.70. The Kier molecular flexibility index (Phi) is 3.35. The van der Waals surface area contributed by atoms with Gasteiger partial charge in [0.15, 0.2) is 5.58 Å². The van der Waals surface area contributed by atoms with E-state index < -0.39 is 0 Å². The molecular formula is C15H16N4O. The normalized spacial score (nSPS) is 11.3. The number of benzene rings is 1. The maximum Gasteiger partial charge on any atom is 0.209 e. The third-order valence-corrected chi connectivity index (χ3v) is 3.02. The molecule has 5 nitrogen and oxygen atoms in total. The van der Waals surface area contributed by atoms with Gasteiger partial charge in [0, 0.05) is 18.4 Å². The quantitative estimate of drug-likeness (QED) is 0.736. The van der Waals surface area contributed by atoms with E-state index in [2.05, 4.69) is 14.9 Å². The molecule has 0 spiro atoms. The highest BCUT2D eigenvalue weighted by Gasteiger charge is 2.09. The number of nitrogens with two attached hydrogens (primary N) is 1. The fraction of sp³-hybridized carbons (Fsp3) is 0.200. The molecule has 0 saturated heterocycles. The van der Waals surface area contributed by atoms with Crippen molar-refractivity contribution in [1.82, 2.24) is 14.9 Å². The first-order valence-electron chi connectivity index (χ1n) is 6.44. The van der Waals surface area contributed by atoms with E-state index >= 15 is 0 Å². The van der Waals surface area contributed by atoms with Gasteiger partial charge < -0.3 is 10.2 Å². The zero-order valence-corrected chi connectivity index (χ0v) is 11.3. The Morgan fingerprint density at radius 2 is 2.10 bits per heavy atom. The number of rotatable bonds is 4. The van der Waals surface area contributed by atoms with E-state index in [0.29, 0.717) is 18.1 Å². The highest BCUT2D eigenvalue weighted by Crippen LogP contribution is 2.19. The third kappa shape index (κ3) is 2.78. The van der Waals surface area contributed by atoms with Gasteiger partial charge in [0.25, 0.3) is 0 Å². The molecule has 20 heavy (non-hydrogen) atoms. The van der Waals surface area contributed by atoms with Gasteiger partial charge in [-0.1, -0.05) is 6.07 Å². The number of hydrogen-bond acceptors (Lipinski definition) is 5. The van der Waals surface area contributed by atoms with Gasteiger partial charge in [-0.15, -0.1) is 0 Å². The molecule has 102 valence electrons. The number of hydrogen-bond donors (Lipinski definition) is 1. The minimum absolute atomic E-state index is 0.630. The second-order valence-corrected chi connectivity index (χ2v) is 4.83. The number of nitrogens with zero attached hydrogens (tertiary/aromatic N) is 3. The molecule has 2 heterocycles. The van der Waals surface area contributed by atoms with Crippen LogP contribution in [0.5, 0.6) is 0 Å². The Hall–Kier alpha value is -2.40. The Labute approximate surface area is 117 Å². The lowest BCUT2D eigenvalue weighted by Gasteiger charge is -2.13. The van der Waals surface area contributed by atoms with Crippen LogP contribution in [0.25, 0.3) is 11.1 Å². The summed E-state index contributed by atoms with van der Waals surface area (Å²) in [6.07, 6.45) is 1.80. The van der Waals surface area contributed by atoms with Crippen molar-refractivity contribution in [2.24, 2.45) is 0 Å². The molecule has 0 amide bonds. The number of oxazole rings is 1. The van der Waals surface area contributed by atoms with Crippen molar-refractivity contribution in [3.05, 3.63) is 54.2 Å². The molecule has 1 aromatic carbocycles. The minimum atomic E-state index is 0.630. The van der Waals surface area contributed by atoms with Gasteiger partial charge in [-0.3, -0.25) is 9.88 Å². The van der Waals surface area contributed by atoms with Gasteiger partial charge in [0.05, 0.1) is 12.2 Å². The van der Waals surface area contributed by atoms with Gasteiger partial charge in [-0.2, -0.15) is 0 Å². The predicted molar refractivity (Wildman–Crippen MR) is 77.8 cm³/mol. The monoisotopic (exact) mass is 268 g/mol. The number of pyridine rings is 1. The second-order valence-electron chi connectivity index (χ2n) is 4.83.